The number of hydrogen-bond donors (Lipinski definition) is 1. The van der Waals surface area contributed by atoms with E-state index >= 15 is 0 Å². The van der Waals surface area contributed by atoms with Crippen LogP contribution in [0.2, 0.25) is 0 Å². The number of nitro groups is 1. The van der Waals surface area contributed by atoms with Gasteiger partial charge in [-0.1, -0.05) is 13.0 Å². The number of rotatable bonds is 5. The number of sulfone groups is 1. The van der Waals surface area contributed by atoms with Gasteiger partial charge in [0.1, 0.15) is 0 Å². The molecular formula is C16H16N2O5S. The van der Waals surface area contributed by atoms with Crippen LogP contribution in [0.1, 0.15) is 22.8 Å². The largest absolute Gasteiger partial charge is 0.322 e. The van der Waals surface area contributed by atoms with E-state index in [-0.39, 0.29) is 21.9 Å². The van der Waals surface area contributed by atoms with Crippen molar-refractivity contribution >= 4 is 27.1 Å². The van der Waals surface area contributed by atoms with Crippen LogP contribution in [0.25, 0.3) is 0 Å². The Morgan fingerprint density at radius 2 is 1.79 bits per heavy atom. The standard InChI is InChI=1S/C16H16N2O5S/c1-3-24(22,23)14-8-5-12(6-9-14)17-16(19)15-10-13(18(20)21)7-4-11(15)2/h4-10H,3H2,1-2H3,(H,17,19). The fourth-order valence-electron chi connectivity index (χ4n) is 2.08. The lowest BCUT2D eigenvalue weighted by molar-refractivity contribution is -0.384. The van der Waals surface area contributed by atoms with Gasteiger partial charge < -0.3 is 5.32 Å². The summed E-state index contributed by atoms with van der Waals surface area (Å²) in [6.07, 6.45) is 0. The highest BCUT2D eigenvalue weighted by Crippen LogP contribution is 2.20. The quantitative estimate of drug-likeness (QED) is 0.660. The molecule has 24 heavy (non-hydrogen) atoms. The molecule has 126 valence electrons. The number of benzene rings is 2. The molecule has 1 N–H and O–H groups in total. The van der Waals surface area contributed by atoms with Gasteiger partial charge in [0.2, 0.25) is 0 Å². The smallest absolute Gasteiger partial charge is 0.270 e. The third-order valence-corrected chi connectivity index (χ3v) is 5.28. The molecule has 0 heterocycles. The highest BCUT2D eigenvalue weighted by Gasteiger charge is 2.16. The van der Waals surface area contributed by atoms with Crippen molar-refractivity contribution in [2.45, 2.75) is 18.7 Å². The summed E-state index contributed by atoms with van der Waals surface area (Å²) < 4.78 is 23.5. The average Bonchev–Trinajstić information content (AvgIpc) is 2.55. The van der Waals surface area contributed by atoms with Gasteiger partial charge in [0.25, 0.3) is 11.6 Å². The Morgan fingerprint density at radius 3 is 2.33 bits per heavy atom. The SMILES string of the molecule is CCS(=O)(=O)c1ccc(NC(=O)c2cc([N+](=O)[O-])ccc2C)cc1. The summed E-state index contributed by atoms with van der Waals surface area (Å²) in [6, 6.07) is 9.82. The van der Waals surface area contributed by atoms with Crippen molar-refractivity contribution in [1.82, 2.24) is 0 Å². The summed E-state index contributed by atoms with van der Waals surface area (Å²) in [7, 11) is -3.31. The molecule has 0 unspecified atom stereocenters. The molecule has 0 aromatic heterocycles. The van der Waals surface area contributed by atoms with Crippen LogP contribution in [-0.2, 0) is 9.84 Å². The van der Waals surface area contributed by atoms with Gasteiger partial charge in [-0.05, 0) is 36.8 Å². The number of anilines is 1. The van der Waals surface area contributed by atoms with Crippen LogP contribution < -0.4 is 5.32 Å². The molecular weight excluding hydrogens is 332 g/mol. The van der Waals surface area contributed by atoms with Gasteiger partial charge in [-0.15, -0.1) is 0 Å². The molecule has 0 radical (unpaired) electrons. The Hall–Kier alpha value is -2.74. The van der Waals surface area contributed by atoms with Crippen LogP contribution in [0, 0.1) is 17.0 Å². The van der Waals surface area contributed by atoms with Gasteiger partial charge in [0.15, 0.2) is 9.84 Å². The highest BCUT2D eigenvalue weighted by atomic mass is 32.2. The predicted molar refractivity (Wildman–Crippen MR) is 90.0 cm³/mol. The summed E-state index contributed by atoms with van der Waals surface area (Å²) in [5.41, 5.74) is 1.02. The van der Waals surface area contributed by atoms with Crippen LogP contribution in [0.4, 0.5) is 11.4 Å². The molecule has 0 aliphatic carbocycles. The fourth-order valence-corrected chi connectivity index (χ4v) is 2.96. The monoisotopic (exact) mass is 348 g/mol. The molecule has 2 rings (SSSR count). The molecule has 7 nitrogen and oxygen atoms in total. The van der Waals surface area contributed by atoms with E-state index in [4.69, 9.17) is 0 Å². The number of nitrogens with zero attached hydrogens (tertiary/aromatic N) is 1. The van der Waals surface area contributed by atoms with Crippen LogP contribution >= 0.6 is 0 Å². The highest BCUT2D eigenvalue weighted by molar-refractivity contribution is 7.91. The maximum absolute atomic E-state index is 12.3. The third-order valence-electron chi connectivity index (χ3n) is 3.53. The van der Waals surface area contributed by atoms with Crippen LogP contribution in [-0.4, -0.2) is 25.0 Å². The minimum atomic E-state index is -3.31. The van der Waals surface area contributed by atoms with E-state index in [1.807, 2.05) is 0 Å². The first-order valence-corrected chi connectivity index (χ1v) is 8.79. The second-order valence-corrected chi connectivity index (χ2v) is 7.42. The number of nitrogens with one attached hydrogen (secondary N) is 1. The Balaban J connectivity index is 2.24. The van der Waals surface area contributed by atoms with Gasteiger partial charge in [-0.3, -0.25) is 14.9 Å². The van der Waals surface area contributed by atoms with E-state index in [9.17, 15) is 23.3 Å². The van der Waals surface area contributed by atoms with E-state index in [2.05, 4.69) is 5.32 Å². The summed E-state index contributed by atoms with van der Waals surface area (Å²) >= 11 is 0. The number of nitro benzene ring substituents is 1. The van der Waals surface area contributed by atoms with Gasteiger partial charge in [-0.25, -0.2) is 8.42 Å². The summed E-state index contributed by atoms with van der Waals surface area (Å²) in [6.45, 7) is 3.23. The molecule has 0 spiro atoms. The maximum atomic E-state index is 12.3. The second-order valence-electron chi connectivity index (χ2n) is 5.14. The van der Waals surface area contributed by atoms with Crippen LogP contribution in [0.15, 0.2) is 47.4 Å². The number of non-ortho nitro benzene ring substituents is 1. The number of hydrogen-bond acceptors (Lipinski definition) is 5. The number of carbonyl (C=O) groups excluding carboxylic acids is 1. The summed E-state index contributed by atoms with van der Waals surface area (Å²) in [4.78, 5) is 22.7. The minimum Gasteiger partial charge on any atom is -0.322 e. The molecule has 2 aromatic rings. The first kappa shape index (κ1) is 17.6. The van der Waals surface area contributed by atoms with E-state index in [0.29, 0.717) is 11.3 Å². The molecule has 8 heteroatoms. The lowest BCUT2D eigenvalue weighted by Gasteiger charge is -2.08. The van der Waals surface area contributed by atoms with Crippen molar-refractivity contribution in [2.24, 2.45) is 0 Å². The second kappa shape index (κ2) is 6.79. The zero-order valence-corrected chi connectivity index (χ0v) is 14.0. The van der Waals surface area contributed by atoms with Crippen molar-refractivity contribution in [3.8, 4) is 0 Å². The van der Waals surface area contributed by atoms with E-state index in [1.165, 1.54) is 42.5 Å². The molecule has 0 saturated heterocycles. The number of aryl methyl sites for hydroxylation is 1. The molecule has 0 saturated carbocycles. The topological polar surface area (TPSA) is 106 Å². The maximum Gasteiger partial charge on any atom is 0.270 e. The normalized spacial score (nSPS) is 11.1. The first-order chi connectivity index (χ1) is 11.2. The summed E-state index contributed by atoms with van der Waals surface area (Å²) in [5.74, 6) is -0.506. The number of amides is 1. The van der Waals surface area contributed by atoms with E-state index < -0.39 is 20.7 Å². The van der Waals surface area contributed by atoms with Crippen molar-refractivity contribution in [2.75, 3.05) is 11.1 Å². The molecule has 1 amide bonds. The Bertz CT molecular complexity index is 889. The Kier molecular flexibility index (Phi) is 4.99. The van der Waals surface area contributed by atoms with Crippen LogP contribution in [0.5, 0.6) is 0 Å². The zero-order chi connectivity index (χ0) is 17.9. The minimum absolute atomic E-state index is 0.00835. The van der Waals surface area contributed by atoms with Crippen molar-refractivity contribution in [3.05, 3.63) is 63.7 Å². The zero-order valence-electron chi connectivity index (χ0n) is 13.1. The fraction of sp³-hybridized carbons (Fsp3) is 0.188. The van der Waals surface area contributed by atoms with Crippen molar-refractivity contribution < 1.29 is 18.1 Å². The van der Waals surface area contributed by atoms with E-state index in [1.54, 1.807) is 13.8 Å². The van der Waals surface area contributed by atoms with Gasteiger partial charge >= 0.3 is 0 Å². The van der Waals surface area contributed by atoms with Gasteiger partial charge in [0.05, 0.1) is 15.6 Å². The van der Waals surface area contributed by atoms with Gasteiger partial charge in [-0.2, -0.15) is 0 Å². The lowest BCUT2D eigenvalue weighted by atomic mass is 10.1. The van der Waals surface area contributed by atoms with E-state index in [0.717, 1.165) is 0 Å². The van der Waals surface area contributed by atoms with Gasteiger partial charge in [0, 0.05) is 23.4 Å². The molecule has 0 aliphatic heterocycles. The van der Waals surface area contributed by atoms with Crippen molar-refractivity contribution in [3.63, 3.8) is 0 Å². The lowest BCUT2D eigenvalue weighted by Crippen LogP contribution is -2.14. The molecule has 0 fully saturated rings. The average molecular weight is 348 g/mol. The molecule has 0 atom stereocenters. The molecule has 0 aliphatic rings. The molecule has 2 aromatic carbocycles. The Labute approximate surface area is 139 Å². The molecule has 0 bridgehead atoms. The summed E-state index contributed by atoms with van der Waals surface area (Å²) in [5, 5.41) is 13.4. The van der Waals surface area contributed by atoms with Crippen molar-refractivity contribution in [1.29, 1.82) is 0 Å². The number of carbonyl (C=O) groups is 1. The van der Waals surface area contributed by atoms with Crippen LogP contribution in [0.3, 0.4) is 0 Å². The first-order valence-electron chi connectivity index (χ1n) is 7.14. The third kappa shape index (κ3) is 3.77. The Morgan fingerprint density at radius 1 is 1.17 bits per heavy atom. The predicted octanol–water partition coefficient (Wildman–Crippen LogP) is 2.95.